The van der Waals surface area contributed by atoms with Crippen molar-refractivity contribution in [3.05, 3.63) is 41.0 Å². The number of carbonyl (C=O) groups excluding carboxylic acids is 1. The normalized spacial score (nSPS) is 10.2. The summed E-state index contributed by atoms with van der Waals surface area (Å²) in [4.78, 5) is 11.4. The van der Waals surface area contributed by atoms with Crippen LogP contribution >= 0.6 is 11.6 Å². The number of carbonyl (C=O) groups is 1. The molecule has 1 aromatic heterocycles. The van der Waals surface area contributed by atoms with Crippen LogP contribution in [0.3, 0.4) is 0 Å². The predicted molar refractivity (Wildman–Crippen MR) is 64.3 cm³/mol. The van der Waals surface area contributed by atoms with Crippen LogP contribution in [0.1, 0.15) is 10.4 Å². The average Bonchev–Trinajstić information content (AvgIpc) is 2.71. The van der Waals surface area contributed by atoms with Gasteiger partial charge >= 0.3 is 5.97 Å². The number of halogens is 1. The first-order valence-electron chi connectivity index (χ1n) is 4.81. The van der Waals surface area contributed by atoms with E-state index in [0.29, 0.717) is 5.02 Å². The maximum absolute atomic E-state index is 11.4. The first-order valence-corrected chi connectivity index (χ1v) is 5.19. The highest BCUT2D eigenvalue weighted by atomic mass is 35.5. The van der Waals surface area contributed by atoms with Crippen LogP contribution in [0.2, 0.25) is 5.02 Å². The molecule has 0 aliphatic rings. The molecule has 0 saturated carbocycles. The zero-order valence-corrected chi connectivity index (χ0v) is 9.81. The highest BCUT2D eigenvalue weighted by Gasteiger charge is 2.16. The van der Waals surface area contributed by atoms with Crippen molar-refractivity contribution in [2.75, 3.05) is 12.8 Å². The second-order valence-corrected chi connectivity index (χ2v) is 3.76. The zero-order valence-electron chi connectivity index (χ0n) is 9.05. The number of hydrogen-bond donors (Lipinski definition) is 1. The molecular weight excluding hydrogens is 242 g/mol. The van der Waals surface area contributed by atoms with Gasteiger partial charge in [-0.1, -0.05) is 11.6 Å². The van der Waals surface area contributed by atoms with Gasteiger partial charge in [0.1, 0.15) is 11.4 Å². The Kier molecular flexibility index (Phi) is 3.01. The molecule has 0 bridgehead atoms. The number of esters is 1. The molecule has 0 spiro atoms. The summed E-state index contributed by atoms with van der Waals surface area (Å²) in [5.41, 5.74) is 6.78. The molecule has 88 valence electrons. The Morgan fingerprint density at radius 2 is 2.06 bits per heavy atom. The van der Waals surface area contributed by atoms with Gasteiger partial charge in [0.25, 0.3) is 0 Å². The number of benzene rings is 1. The van der Waals surface area contributed by atoms with Gasteiger partial charge < -0.3 is 10.5 Å². The van der Waals surface area contributed by atoms with Crippen molar-refractivity contribution in [1.82, 2.24) is 9.78 Å². The third-order valence-electron chi connectivity index (χ3n) is 2.28. The van der Waals surface area contributed by atoms with Crippen molar-refractivity contribution in [2.45, 2.75) is 0 Å². The molecule has 0 aliphatic carbocycles. The van der Waals surface area contributed by atoms with Gasteiger partial charge in [-0.3, -0.25) is 0 Å². The lowest BCUT2D eigenvalue weighted by Crippen LogP contribution is -2.07. The standard InChI is InChI=1S/C11H10ClN3O2/c1-17-11(16)9-6-14-15(10(9)13)8-4-2-7(12)3-5-8/h2-6H,13H2,1H3. The fourth-order valence-electron chi connectivity index (χ4n) is 1.41. The molecule has 6 heteroatoms. The second-order valence-electron chi connectivity index (χ2n) is 3.32. The summed E-state index contributed by atoms with van der Waals surface area (Å²) in [5, 5.41) is 4.65. The van der Waals surface area contributed by atoms with E-state index in [9.17, 15) is 4.79 Å². The van der Waals surface area contributed by atoms with E-state index in [2.05, 4.69) is 9.84 Å². The number of nitrogens with zero attached hydrogens (tertiary/aromatic N) is 2. The minimum absolute atomic E-state index is 0.235. The van der Waals surface area contributed by atoms with E-state index >= 15 is 0 Å². The summed E-state index contributed by atoms with van der Waals surface area (Å²) in [7, 11) is 1.29. The molecular formula is C11H10ClN3O2. The van der Waals surface area contributed by atoms with Gasteiger partial charge in [-0.05, 0) is 24.3 Å². The van der Waals surface area contributed by atoms with E-state index in [1.165, 1.54) is 18.0 Å². The van der Waals surface area contributed by atoms with Crippen molar-refractivity contribution in [1.29, 1.82) is 0 Å². The molecule has 2 rings (SSSR count). The van der Waals surface area contributed by atoms with Crippen molar-refractivity contribution in [2.24, 2.45) is 0 Å². The Morgan fingerprint density at radius 3 is 2.65 bits per heavy atom. The van der Waals surface area contributed by atoms with Crippen LogP contribution in [0.15, 0.2) is 30.5 Å². The lowest BCUT2D eigenvalue weighted by Gasteiger charge is -2.04. The van der Waals surface area contributed by atoms with E-state index in [1.54, 1.807) is 24.3 Å². The zero-order chi connectivity index (χ0) is 12.4. The first-order chi connectivity index (χ1) is 8.13. The molecule has 0 unspecified atom stereocenters. The highest BCUT2D eigenvalue weighted by Crippen LogP contribution is 2.19. The number of aromatic nitrogens is 2. The maximum Gasteiger partial charge on any atom is 0.343 e. The van der Waals surface area contributed by atoms with Gasteiger partial charge in [0, 0.05) is 5.02 Å². The van der Waals surface area contributed by atoms with Crippen LogP contribution in [0.5, 0.6) is 0 Å². The molecule has 1 aromatic carbocycles. The Bertz CT molecular complexity index is 548. The molecule has 0 amide bonds. The van der Waals surface area contributed by atoms with Crippen LogP contribution < -0.4 is 5.73 Å². The van der Waals surface area contributed by atoms with Crippen molar-refractivity contribution >= 4 is 23.4 Å². The molecule has 2 aromatic rings. The monoisotopic (exact) mass is 251 g/mol. The highest BCUT2D eigenvalue weighted by molar-refractivity contribution is 6.30. The van der Waals surface area contributed by atoms with Crippen LogP contribution in [0.4, 0.5) is 5.82 Å². The van der Waals surface area contributed by atoms with Crippen molar-refractivity contribution < 1.29 is 9.53 Å². The number of methoxy groups -OCH3 is 1. The summed E-state index contributed by atoms with van der Waals surface area (Å²) in [6.07, 6.45) is 1.37. The number of hydrogen-bond acceptors (Lipinski definition) is 4. The summed E-state index contributed by atoms with van der Waals surface area (Å²) in [6, 6.07) is 6.95. The number of nitrogens with two attached hydrogens (primary N) is 1. The molecule has 2 N–H and O–H groups in total. The number of ether oxygens (including phenoxy) is 1. The Balaban J connectivity index is 2.44. The third kappa shape index (κ3) is 2.09. The third-order valence-corrected chi connectivity index (χ3v) is 2.53. The van der Waals surface area contributed by atoms with E-state index in [-0.39, 0.29) is 11.4 Å². The summed E-state index contributed by atoms with van der Waals surface area (Å²) in [5.74, 6) is -0.276. The molecule has 1 heterocycles. The summed E-state index contributed by atoms with van der Waals surface area (Å²) in [6.45, 7) is 0. The lowest BCUT2D eigenvalue weighted by atomic mass is 10.3. The Hall–Kier alpha value is -2.01. The van der Waals surface area contributed by atoms with Gasteiger partial charge in [0.15, 0.2) is 0 Å². The summed E-state index contributed by atoms with van der Waals surface area (Å²) < 4.78 is 6.04. The first kappa shape index (κ1) is 11.5. The Labute approximate surface area is 103 Å². The molecule has 0 saturated heterocycles. The predicted octanol–water partition coefficient (Wildman–Crippen LogP) is 1.89. The summed E-state index contributed by atoms with van der Waals surface area (Å²) >= 11 is 5.78. The van der Waals surface area contributed by atoms with E-state index in [1.807, 2.05) is 0 Å². The smallest absolute Gasteiger partial charge is 0.343 e. The van der Waals surface area contributed by atoms with Crippen molar-refractivity contribution in [3.63, 3.8) is 0 Å². The molecule has 17 heavy (non-hydrogen) atoms. The largest absolute Gasteiger partial charge is 0.465 e. The molecule has 0 radical (unpaired) electrons. The van der Waals surface area contributed by atoms with E-state index in [4.69, 9.17) is 17.3 Å². The maximum atomic E-state index is 11.4. The van der Waals surface area contributed by atoms with Gasteiger partial charge in [0.05, 0.1) is 19.0 Å². The molecule has 0 aliphatic heterocycles. The van der Waals surface area contributed by atoms with Gasteiger partial charge in [-0.15, -0.1) is 0 Å². The number of nitrogen functional groups attached to an aromatic ring is 1. The SMILES string of the molecule is COC(=O)c1cnn(-c2ccc(Cl)cc2)c1N. The Morgan fingerprint density at radius 1 is 1.41 bits per heavy atom. The molecule has 5 nitrogen and oxygen atoms in total. The van der Waals surface area contributed by atoms with Crippen LogP contribution in [-0.2, 0) is 4.74 Å². The van der Waals surface area contributed by atoms with Crippen LogP contribution in [0, 0.1) is 0 Å². The van der Waals surface area contributed by atoms with E-state index in [0.717, 1.165) is 5.69 Å². The second kappa shape index (κ2) is 4.47. The van der Waals surface area contributed by atoms with Gasteiger partial charge in [-0.2, -0.15) is 5.10 Å². The van der Waals surface area contributed by atoms with E-state index < -0.39 is 5.97 Å². The van der Waals surface area contributed by atoms with Gasteiger partial charge in [-0.25, -0.2) is 9.48 Å². The quantitative estimate of drug-likeness (QED) is 0.828. The molecule has 0 atom stereocenters. The van der Waals surface area contributed by atoms with Gasteiger partial charge in [0.2, 0.25) is 0 Å². The fraction of sp³-hybridized carbons (Fsp3) is 0.0909. The topological polar surface area (TPSA) is 70.1 Å². The molecule has 0 fully saturated rings. The van der Waals surface area contributed by atoms with Crippen LogP contribution in [0.25, 0.3) is 5.69 Å². The minimum atomic E-state index is -0.511. The van der Waals surface area contributed by atoms with Crippen LogP contribution in [-0.4, -0.2) is 22.9 Å². The number of rotatable bonds is 2. The lowest BCUT2D eigenvalue weighted by molar-refractivity contribution is 0.0602. The van der Waals surface area contributed by atoms with Crippen molar-refractivity contribution in [3.8, 4) is 5.69 Å². The minimum Gasteiger partial charge on any atom is -0.465 e. The fourth-order valence-corrected chi connectivity index (χ4v) is 1.54. The average molecular weight is 252 g/mol. The number of anilines is 1.